The number of hydrogen-bond acceptors (Lipinski definition) is 6. The van der Waals surface area contributed by atoms with Crippen molar-refractivity contribution in [2.75, 3.05) is 18.5 Å². The molecule has 152 valence electrons. The maximum Gasteiger partial charge on any atom is 0.338 e. The van der Waals surface area contributed by atoms with Gasteiger partial charge in [0, 0.05) is 12.2 Å². The Labute approximate surface area is 173 Å². The van der Waals surface area contributed by atoms with Gasteiger partial charge >= 0.3 is 5.97 Å². The number of carbonyl (C=O) groups is 2. The van der Waals surface area contributed by atoms with Gasteiger partial charge < -0.3 is 10.1 Å². The molecule has 2 N–H and O–H groups in total. The summed E-state index contributed by atoms with van der Waals surface area (Å²) in [5.41, 5.74) is 1.15. The Morgan fingerprint density at radius 2 is 1.93 bits per heavy atom. The summed E-state index contributed by atoms with van der Waals surface area (Å²) in [6.45, 7) is 2.88. The first kappa shape index (κ1) is 22.4. The molecule has 10 heteroatoms. The normalized spacial score (nSPS) is 10.8. The first-order valence-electron chi connectivity index (χ1n) is 8.45. The van der Waals surface area contributed by atoms with E-state index in [0.717, 1.165) is 0 Å². The van der Waals surface area contributed by atoms with E-state index in [-0.39, 0.29) is 27.6 Å². The molecule has 0 aliphatic carbocycles. The molecule has 0 saturated heterocycles. The number of benzene rings is 2. The van der Waals surface area contributed by atoms with E-state index in [2.05, 4.69) is 10.0 Å². The minimum Gasteiger partial charge on any atom is -0.452 e. The number of esters is 1. The molecule has 8 nitrogen and oxygen atoms in total. The molecule has 0 atom stereocenters. The van der Waals surface area contributed by atoms with Gasteiger partial charge in [0.2, 0.25) is 10.0 Å². The van der Waals surface area contributed by atoms with Gasteiger partial charge in [-0.3, -0.25) is 4.79 Å². The molecule has 1 amide bonds. The maximum atomic E-state index is 12.3. The van der Waals surface area contributed by atoms with Crippen LogP contribution in [-0.2, 0) is 19.6 Å². The molecule has 29 heavy (non-hydrogen) atoms. The van der Waals surface area contributed by atoms with Crippen LogP contribution < -0.4 is 10.0 Å². The fourth-order valence-corrected chi connectivity index (χ4v) is 3.64. The quantitative estimate of drug-likeness (QED) is 0.644. The summed E-state index contributed by atoms with van der Waals surface area (Å²) in [5.74, 6) is -1.45. The highest BCUT2D eigenvalue weighted by atomic mass is 35.5. The van der Waals surface area contributed by atoms with Crippen molar-refractivity contribution in [1.82, 2.24) is 4.72 Å². The highest BCUT2D eigenvalue weighted by Crippen LogP contribution is 2.20. The minimum atomic E-state index is -3.74. The van der Waals surface area contributed by atoms with Crippen LogP contribution in [0.15, 0.2) is 41.3 Å². The third-order valence-corrected chi connectivity index (χ3v) is 5.64. The van der Waals surface area contributed by atoms with Gasteiger partial charge in [-0.1, -0.05) is 24.6 Å². The molecule has 0 radical (unpaired) electrons. The summed E-state index contributed by atoms with van der Waals surface area (Å²) in [6.07, 6.45) is 0. The summed E-state index contributed by atoms with van der Waals surface area (Å²) in [7, 11) is -3.74. The zero-order valence-corrected chi connectivity index (χ0v) is 17.2. The second-order valence-electron chi connectivity index (χ2n) is 5.91. The van der Waals surface area contributed by atoms with Crippen LogP contribution in [0.1, 0.15) is 28.4 Å². The molecular formula is C19H18ClN3O5S. The van der Waals surface area contributed by atoms with Crippen LogP contribution >= 0.6 is 11.6 Å². The van der Waals surface area contributed by atoms with Gasteiger partial charge in [0.25, 0.3) is 5.91 Å². The predicted molar refractivity (Wildman–Crippen MR) is 107 cm³/mol. The average Bonchev–Trinajstić information content (AvgIpc) is 2.66. The molecule has 0 unspecified atom stereocenters. The van der Waals surface area contributed by atoms with Crippen LogP contribution in [0.25, 0.3) is 0 Å². The summed E-state index contributed by atoms with van der Waals surface area (Å²) in [6, 6.07) is 10.3. The third kappa shape index (κ3) is 5.77. The number of aryl methyl sites for hydroxylation is 1. The van der Waals surface area contributed by atoms with E-state index in [1.807, 2.05) is 6.07 Å². The first-order chi connectivity index (χ1) is 13.7. The molecule has 0 aromatic heterocycles. The Kier molecular flexibility index (Phi) is 7.34. The molecule has 0 spiro atoms. The van der Waals surface area contributed by atoms with E-state index in [0.29, 0.717) is 11.3 Å². The third-order valence-electron chi connectivity index (χ3n) is 3.78. The number of ether oxygens (including phenoxy) is 1. The van der Waals surface area contributed by atoms with E-state index in [9.17, 15) is 18.0 Å². The van der Waals surface area contributed by atoms with Gasteiger partial charge in [0.1, 0.15) is 6.07 Å². The van der Waals surface area contributed by atoms with Gasteiger partial charge in [0.15, 0.2) is 6.61 Å². The lowest BCUT2D eigenvalue weighted by Gasteiger charge is -2.10. The van der Waals surface area contributed by atoms with Crippen molar-refractivity contribution in [2.45, 2.75) is 18.7 Å². The number of carbonyl (C=O) groups excluding carboxylic acids is 2. The second-order valence-corrected chi connectivity index (χ2v) is 8.08. The number of anilines is 1. The molecule has 2 rings (SSSR count). The predicted octanol–water partition coefficient (Wildman–Crippen LogP) is 2.61. The monoisotopic (exact) mass is 435 g/mol. The summed E-state index contributed by atoms with van der Waals surface area (Å²) in [5, 5.41) is 11.5. The largest absolute Gasteiger partial charge is 0.452 e. The fraction of sp³-hybridized carbons (Fsp3) is 0.211. The molecule has 2 aromatic carbocycles. The van der Waals surface area contributed by atoms with Gasteiger partial charge in [-0.25, -0.2) is 17.9 Å². The van der Waals surface area contributed by atoms with E-state index in [4.69, 9.17) is 21.6 Å². The van der Waals surface area contributed by atoms with Crippen LogP contribution in [0.5, 0.6) is 0 Å². The highest BCUT2D eigenvalue weighted by Gasteiger charge is 2.19. The molecule has 0 bridgehead atoms. The Morgan fingerprint density at radius 1 is 1.21 bits per heavy atom. The van der Waals surface area contributed by atoms with Crippen molar-refractivity contribution in [3.05, 3.63) is 58.1 Å². The molecular weight excluding hydrogens is 418 g/mol. The van der Waals surface area contributed by atoms with Crippen molar-refractivity contribution in [3.8, 4) is 6.07 Å². The topological polar surface area (TPSA) is 125 Å². The van der Waals surface area contributed by atoms with Gasteiger partial charge in [-0.05, 0) is 42.8 Å². The molecule has 0 aliphatic rings. The number of halogens is 1. The zero-order valence-electron chi connectivity index (χ0n) is 15.7. The zero-order chi connectivity index (χ0) is 21.6. The summed E-state index contributed by atoms with van der Waals surface area (Å²) in [4.78, 5) is 24.3. The van der Waals surface area contributed by atoms with Crippen molar-refractivity contribution in [1.29, 1.82) is 5.26 Å². The number of rotatable bonds is 7. The Hall–Kier alpha value is -2.93. The SMILES string of the molecule is CCNS(=O)(=O)c1ccc(C)c(C(=O)OCC(=O)Nc2ccc(C#N)c(Cl)c2)c1. The lowest BCUT2D eigenvalue weighted by atomic mass is 10.1. The van der Waals surface area contributed by atoms with Crippen LogP contribution in [0.3, 0.4) is 0 Å². The smallest absolute Gasteiger partial charge is 0.338 e. The second kappa shape index (κ2) is 9.52. The number of nitrogens with zero attached hydrogens (tertiary/aromatic N) is 1. The lowest BCUT2D eigenvalue weighted by Crippen LogP contribution is -2.24. The van der Waals surface area contributed by atoms with Crippen molar-refractivity contribution in [2.24, 2.45) is 0 Å². The number of nitrogens with one attached hydrogen (secondary N) is 2. The van der Waals surface area contributed by atoms with E-state index in [1.54, 1.807) is 13.8 Å². The number of amides is 1. The molecule has 0 heterocycles. The van der Waals surface area contributed by atoms with Gasteiger partial charge in [-0.2, -0.15) is 5.26 Å². The number of hydrogen-bond donors (Lipinski definition) is 2. The van der Waals surface area contributed by atoms with Crippen molar-refractivity contribution < 1.29 is 22.7 Å². The molecule has 2 aromatic rings. The number of nitriles is 1. The standard InChI is InChI=1S/C19H18ClN3O5S/c1-3-22-29(26,27)15-7-4-12(2)16(9-15)19(25)28-11-18(24)23-14-6-5-13(10-21)17(20)8-14/h4-9,22H,3,11H2,1-2H3,(H,23,24). The van der Waals surface area contributed by atoms with Gasteiger partial charge in [-0.15, -0.1) is 0 Å². The minimum absolute atomic E-state index is 0.0400. The molecule has 0 fully saturated rings. The Morgan fingerprint density at radius 3 is 2.55 bits per heavy atom. The maximum absolute atomic E-state index is 12.3. The van der Waals surface area contributed by atoms with Crippen molar-refractivity contribution in [3.63, 3.8) is 0 Å². The van der Waals surface area contributed by atoms with Crippen molar-refractivity contribution >= 4 is 39.2 Å². The van der Waals surface area contributed by atoms with Crippen LogP contribution in [0.2, 0.25) is 5.02 Å². The fourth-order valence-electron chi connectivity index (χ4n) is 2.35. The Bertz CT molecular complexity index is 1090. The summed E-state index contributed by atoms with van der Waals surface area (Å²) < 4.78 is 31.5. The summed E-state index contributed by atoms with van der Waals surface area (Å²) >= 11 is 5.90. The van der Waals surface area contributed by atoms with E-state index < -0.39 is 28.5 Å². The lowest BCUT2D eigenvalue weighted by molar-refractivity contribution is -0.119. The van der Waals surface area contributed by atoms with Crippen LogP contribution in [-0.4, -0.2) is 33.4 Å². The number of sulfonamides is 1. The van der Waals surface area contributed by atoms with Gasteiger partial charge in [0.05, 0.1) is 21.0 Å². The Balaban J connectivity index is 2.06. The average molecular weight is 436 g/mol. The molecule has 0 saturated carbocycles. The molecule has 0 aliphatic heterocycles. The van der Waals surface area contributed by atoms with Crippen LogP contribution in [0.4, 0.5) is 5.69 Å². The van der Waals surface area contributed by atoms with E-state index >= 15 is 0 Å². The highest BCUT2D eigenvalue weighted by molar-refractivity contribution is 7.89. The van der Waals surface area contributed by atoms with E-state index in [1.165, 1.54) is 36.4 Å². The van der Waals surface area contributed by atoms with Crippen LogP contribution in [0, 0.1) is 18.3 Å². The first-order valence-corrected chi connectivity index (χ1v) is 10.3.